The van der Waals surface area contributed by atoms with Gasteiger partial charge in [-0.1, -0.05) is 23.7 Å². The summed E-state index contributed by atoms with van der Waals surface area (Å²) in [6, 6.07) is 6.60. The molecular weight excluding hydrogens is 253 g/mol. The van der Waals surface area contributed by atoms with E-state index in [9.17, 15) is 4.39 Å². The molecule has 0 N–H and O–H groups in total. The van der Waals surface area contributed by atoms with Crippen LogP contribution in [0.3, 0.4) is 0 Å². The summed E-state index contributed by atoms with van der Waals surface area (Å²) in [5.41, 5.74) is 1.13. The van der Waals surface area contributed by atoms with Gasteiger partial charge in [0.25, 0.3) is 0 Å². The highest BCUT2D eigenvalue weighted by Crippen LogP contribution is 2.06. The summed E-state index contributed by atoms with van der Waals surface area (Å²) in [7, 11) is 2.01. The van der Waals surface area contributed by atoms with Crippen molar-refractivity contribution in [1.29, 1.82) is 0 Å². The fraction of sp³-hybridized carbons (Fsp3) is 0.308. The number of hydrogen-bond acceptors (Lipinski definition) is 2. The Morgan fingerprint density at radius 1 is 1.33 bits per heavy atom. The number of nitrogens with zero attached hydrogens (tertiary/aromatic N) is 3. The Kier molecular flexibility index (Phi) is 4.33. The van der Waals surface area contributed by atoms with Gasteiger partial charge in [0.1, 0.15) is 5.82 Å². The fourth-order valence-electron chi connectivity index (χ4n) is 1.70. The Labute approximate surface area is 111 Å². The van der Waals surface area contributed by atoms with E-state index in [1.807, 2.05) is 19.2 Å². The third-order valence-corrected chi connectivity index (χ3v) is 2.88. The van der Waals surface area contributed by atoms with Crippen molar-refractivity contribution in [3.8, 4) is 0 Å². The molecule has 3 nitrogen and oxygen atoms in total. The fourth-order valence-corrected chi connectivity index (χ4v) is 1.86. The van der Waals surface area contributed by atoms with Crippen molar-refractivity contribution in [1.82, 2.24) is 14.7 Å². The molecule has 0 saturated heterocycles. The number of rotatable bonds is 5. The summed E-state index contributed by atoms with van der Waals surface area (Å²) in [5, 5.41) is 4.76. The molecule has 2 rings (SSSR count). The average Bonchev–Trinajstić information content (AvgIpc) is 2.74. The normalized spacial score (nSPS) is 11.1. The van der Waals surface area contributed by atoms with Gasteiger partial charge in [-0.05, 0) is 31.2 Å². The van der Waals surface area contributed by atoms with E-state index in [4.69, 9.17) is 11.6 Å². The number of aromatic nitrogens is 2. The van der Waals surface area contributed by atoms with Crippen molar-refractivity contribution < 1.29 is 4.39 Å². The molecule has 0 spiro atoms. The van der Waals surface area contributed by atoms with Gasteiger partial charge in [0.15, 0.2) is 0 Å². The van der Waals surface area contributed by atoms with Crippen molar-refractivity contribution in [3.05, 3.63) is 53.1 Å². The maximum atomic E-state index is 12.7. The molecule has 0 saturated carbocycles. The van der Waals surface area contributed by atoms with E-state index in [0.717, 1.165) is 18.5 Å². The molecule has 0 fully saturated rings. The van der Waals surface area contributed by atoms with Crippen LogP contribution in [0, 0.1) is 5.82 Å². The van der Waals surface area contributed by atoms with Gasteiger partial charge in [-0.25, -0.2) is 4.39 Å². The van der Waals surface area contributed by atoms with Crippen LogP contribution < -0.4 is 0 Å². The van der Waals surface area contributed by atoms with Crippen molar-refractivity contribution in [3.63, 3.8) is 0 Å². The maximum Gasteiger partial charge on any atom is 0.123 e. The van der Waals surface area contributed by atoms with E-state index in [1.54, 1.807) is 17.1 Å². The van der Waals surface area contributed by atoms with Gasteiger partial charge in [-0.2, -0.15) is 5.10 Å². The van der Waals surface area contributed by atoms with Crippen LogP contribution in [-0.2, 0) is 13.1 Å². The van der Waals surface area contributed by atoms with E-state index in [2.05, 4.69) is 10.00 Å². The highest BCUT2D eigenvalue weighted by Gasteiger charge is 2.02. The third-order valence-electron chi connectivity index (χ3n) is 2.68. The molecule has 2 aromatic rings. The zero-order valence-electron chi connectivity index (χ0n) is 10.2. The summed E-state index contributed by atoms with van der Waals surface area (Å²) >= 11 is 5.79. The first-order valence-corrected chi connectivity index (χ1v) is 6.12. The molecule has 0 bridgehead atoms. The summed E-state index contributed by atoms with van der Waals surface area (Å²) in [4.78, 5) is 2.13. The van der Waals surface area contributed by atoms with Crippen LogP contribution in [-0.4, -0.2) is 28.3 Å². The van der Waals surface area contributed by atoms with Gasteiger partial charge in [-0.15, -0.1) is 0 Å². The topological polar surface area (TPSA) is 21.1 Å². The average molecular weight is 268 g/mol. The number of benzene rings is 1. The molecule has 0 radical (unpaired) electrons. The van der Waals surface area contributed by atoms with Crippen molar-refractivity contribution >= 4 is 11.6 Å². The molecular formula is C13H15ClFN3. The van der Waals surface area contributed by atoms with Gasteiger partial charge in [-0.3, -0.25) is 9.58 Å². The van der Waals surface area contributed by atoms with Crippen LogP contribution in [0.1, 0.15) is 5.56 Å². The number of likely N-dealkylation sites (N-methyl/N-ethyl adjacent to an activating group) is 1. The maximum absolute atomic E-state index is 12.7. The predicted molar refractivity (Wildman–Crippen MR) is 70.0 cm³/mol. The monoisotopic (exact) mass is 267 g/mol. The van der Waals surface area contributed by atoms with E-state index in [1.165, 1.54) is 12.1 Å². The first kappa shape index (κ1) is 13.1. The lowest BCUT2D eigenvalue weighted by Crippen LogP contribution is -2.24. The largest absolute Gasteiger partial charge is 0.287 e. The second-order valence-corrected chi connectivity index (χ2v) is 4.73. The molecule has 1 aromatic carbocycles. The van der Waals surface area contributed by atoms with Gasteiger partial charge < -0.3 is 0 Å². The summed E-state index contributed by atoms with van der Waals surface area (Å²) in [5.74, 6) is -0.196. The predicted octanol–water partition coefficient (Wildman–Crippen LogP) is 2.81. The lowest BCUT2D eigenvalue weighted by molar-refractivity contribution is 0.257. The molecule has 1 aromatic heterocycles. The molecule has 1 heterocycles. The second kappa shape index (κ2) is 5.98. The van der Waals surface area contributed by atoms with Crippen molar-refractivity contribution in [2.75, 3.05) is 13.6 Å². The van der Waals surface area contributed by atoms with Crippen molar-refractivity contribution in [2.45, 2.75) is 13.1 Å². The zero-order chi connectivity index (χ0) is 13.0. The summed E-state index contributed by atoms with van der Waals surface area (Å²) in [6.07, 6.45) is 4.29. The van der Waals surface area contributed by atoms with E-state index >= 15 is 0 Å². The van der Waals surface area contributed by atoms with Gasteiger partial charge in [0, 0.05) is 12.7 Å². The highest BCUT2D eigenvalue weighted by atomic mass is 35.5. The minimum Gasteiger partial charge on any atom is -0.287 e. The summed E-state index contributed by atoms with van der Waals surface area (Å²) in [6.45, 7) is 1.57. The first-order valence-electron chi connectivity index (χ1n) is 5.74. The van der Waals surface area contributed by atoms with Crippen LogP contribution in [0.2, 0.25) is 5.02 Å². The lowest BCUT2D eigenvalue weighted by atomic mass is 10.1. The standard InChI is InChI=1S/C13H15ClFN3/c1-17(10-18-9-12(14)8-16-18)7-6-11-2-4-13(15)5-3-11/h2-5,8-9H,6-7,10H2,1H3. The SMILES string of the molecule is CN(CCc1ccc(F)cc1)Cn1cc(Cl)cn1. The van der Waals surface area contributed by atoms with Crippen LogP contribution >= 0.6 is 11.6 Å². The van der Waals surface area contributed by atoms with E-state index in [-0.39, 0.29) is 5.82 Å². The highest BCUT2D eigenvalue weighted by molar-refractivity contribution is 6.30. The van der Waals surface area contributed by atoms with Crippen LogP contribution in [0.4, 0.5) is 4.39 Å². The van der Waals surface area contributed by atoms with Gasteiger partial charge in [0.2, 0.25) is 0 Å². The Morgan fingerprint density at radius 2 is 2.06 bits per heavy atom. The Bertz CT molecular complexity index is 495. The van der Waals surface area contributed by atoms with Crippen LogP contribution in [0.5, 0.6) is 0 Å². The molecule has 0 unspecified atom stereocenters. The Hall–Kier alpha value is -1.39. The molecule has 0 aliphatic rings. The number of halogens is 2. The Morgan fingerprint density at radius 3 is 2.67 bits per heavy atom. The van der Waals surface area contributed by atoms with E-state index in [0.29, 0.717) is 11.7 Å². The zero-order valence-corrected chi connectivity index (χ0v) is 10.9. The van der Waals surface area contributed by atoms with Crippen LogP contribution in [0.15, 0.2) is 36.7 Å². The molecule has 96 valence electrons. The molecule has 0 aliphatic heterocycles. The quantitative estimate of drug-likeness (QED) is 0.831. The Balaban J connectivity index is 1.81. The first-order chi connectivity index (χ1) is 8.63. The van der Waals surface area contributed by atoms with Gasteiger partial charge in [0.05, 0.1) is 17.9 Å². The molecule has 18 heavy (non-hydrogen) atoms. The molecule has 0 atom stereocenters. The second-order valence-electron chi connectivity index (χ2n) is 4.30. The minimum absolute atomic E-state index is 0.196. The van der Waals surface area contributed by atoms with Crippen LogP contribution in [0.25, 0.3) is 0 Å². The third kappa shape index (κ3) is 3.82. The molecule has 5 heteroatoms. The molecule has 0 aliphatic carbocycles. The molecule has 0 amide bonds. The van der Waals surface area contributed by atoms with Crippen molar-refractivity contribution in [2.24, 2.45) is 0 Å². The minimum atomic E-state index is -0.196. The smallest absolute Gasteiger partial charge is 0.123 e. The number of hydrogen-bond donors (Lipinski definition) is 0. The summed E-state index contributed by atoms with van der Waals surface area (Å²) < 4.78 is 14.5. The lowest BCUT2D eigenvalue weighted by Gasteiger charge is -2.16. The van der Waals surface area contributed by atoms with E-state index < -0.39 is 0 Å². The van der Waals surface area contributed by atoms with Gasteiger partial charge >= 0.3 is 0 Å².